The van der Waals surface area contributed by atoms with Gasteiger partial charge in [0.25, 0.3) is 5.91 Å². The molecule has 4 aliphatic heterocycles. The molecular weight excluding hydrogens is 486 g/mol. The van der Waals surface area contributed by atoms with Crippen LogP contribution in [0.2, 0.25) is 0 Å². The number of likely N-dealkylation sites (tertiary alicyclic amines) is 1. The van der Waals surface area contributed by atoms with E-state index in [0.717, 1.165) is 24.5 Å². The monoisotopic (exact) mass is 523 g/mol. The van der Waals surface area contributed by atoms with Crippen LogP contribution in [-0.4, -0.2) is 84.4 Å². The van der Waals surface area contributed by atoms with E-state index in [1.807, 2.05) is 48.6 Å². The van der Waals surface area contributed by atoms with Crippen molar-refractivity contribution in [2.75, 3.05) is 49.2 Å². The molecule has 1 unspecified atom stereocenters. The molecule has 1 aromatic carbocycles. The fraction of sp³-hybridized carbons (Fsp3) is 0.552. The second-order valence-corrected chi connectivity index (χ2v) is 10.5. The summed E-state index contributed by atoms with van der Waals surface area (Å²) in [7, 11) is 0. The lowest BCUT2D eigenvalue weighted by molar-refractivity contribution is -0.159. The topological polar surface area (TPSA) is 99.6 Å². The van der Waals surface area contributed by atoms with Crippen molar-refractivity contribution in [1.29, 1.82) is 0 Å². The predicted octanol–water partition coefficient (Wildman–Crippen LogP) is 2.29. The number of aliphatic hydroxyl groups excluding tert-OH is 1. The molecule has 2 amide bonds. The Balaban J connectivity index is 1.57. The molecule has 1 aromatic rings. The van der Waals surface area contributed by atoms with Gasteiger partial charge in [-0.25, -0.2) is 0 Å². The largest absolute Gasteiger partial charge is 0.465 e. The Bertz CT molecular complexity index is 1150. The zero-order chi connectivity index (χ0) is 27.1. The maximum Gasteiger partial charge on any atom is 0.313 e. The van der Waals surface area contributed by atoms with Crippen molar-refractivity contribution in [2.24, 2.45) is 11.8 Å². The summed E-state index contributed by atoms with van der Waals surface area (Å²) in [6.45, 7) is 8.36. The summed E-state index contributed by atoms with van der Waals surface area (Å²) in [5.74, 6) is -2.86. The summed E-state index contributed by atoms with van der Waals surface area (Å²) < 4.78 is 12.2. The lowest BCUT2D eigenvalue weighted by Gasteiger charge is -2.37. The zero-order valence-electron chi connectivity index (χ0n) is 22.3. The van der Waals surface area contributed by atoms with Crippen LogP contribution in [-0.2, 0) is 23.9 Å². The average molecular weight is 524 g/mol. The third kappa shape index (κ3) is 4.03. The van der Waals surface area contributed by atoms with Crippen molar-refractivity contribution in [1.82, 2.24) is 4.90 Å². The Kier molecular flexibility index (Phi) is 7.09. The van der Waals surface area contributed by atoms with Gasteiger partial charge >= 0.3 is 5.97 Å². The fourth-order valence-electron chi connectivity index (χ4n) is 6.63. The number of benzene rings is 1. The molecule has 9 heteroatoms. The molecule has 0 aliphatic carbocycles. The van der Waals surface area contributed by atoms with Crippen LogP contribution in [0, 0.1) is 11.8 Å². The number of ether oxygens (including phenoxy) is 2. The summed E-state index contributed by atoms with van der Waals surface area (Å²) >= 11 is 0. The molecule has 38 heavy (non-hydrogen) atoms. The second-order valence-electron chi connectivity index (χ2n) is 10.5. The lowest BCUT2D eigenvalue weighted by Crippen LogP contribution is -2.56. The molecule has 5 rings (SSSR count). The van der Waals surface area contributed by atoms with Crippen molar-refractivity contribution >= 4 is 29.2 Å². The molecule has 2 saturated heterocycles. The fourth-order valence-corrected chi connectivity index (χ4v) is 6.63. The molecule has 1 spiro atoms. The highest BCUT2D eigenvalue weighted by atomic mass is 16.6. The predicted molar refractivity (Wildman–Crippen MR) is 143 cm³/mol. The number of amides is 2. The highest BCUT2D eigenvalue weighted by Gasteiger charge is 2.74. The number of anilines is 2. The van der Waals surface area contributed by atoms with Crippen LogP contribution in [0.3, 0.4) is 0 Å². The van der Waals surface area contributed by atoms with E-state index >= 15 is 0 Å². The molecule has 0 radical (unpaired) electrons. The van der Waals surface area contributed by atoms with Crippen molar-refractivity contribution < 1.29 is 29.0 Å². The Morgan fingerprint density at radius 3 is 2.45 bits per heavy atom. The molecule has 0 bridgehead atoms. The minimum Gasteiger partial charge on any atom is -0.465 e. The average Bonchev–Trinajstić information content (AvgIpc) is 3.22. The van der Waals surface area contributed by atoms with Gasteiger partial charge in [-0.1, -0.05) is 24.3 Å². The van der Waals surface area contributed by atoms with Crippen LogP contribution in [0.25, 0.3) is 0 Å². The maximum absolute atomic E-state index is 14.3. The minimum absolute atomic E-state index is 0.124. The van der Waals surface area contributed by atoms with Gasteiger partial charge < -0.3 is 29.3 Å². The first-order chi connectivity index (χ1) is 18.3. The molecule has 0 saturated carbocycles. The molecule has 1 N–H and O–H groups in total. The lowest BCUT2D eigenvalue weighted by atomic mass is 9.74. The van der Waals surface area contributed by atoms with Gasteiger partial charge in [0.2, 0.25) is 5.91 Å². The van der Waals surface area contributed by atoms with Crippen LogP contribution in [0.1, 0.15) is 33.6 Å². The van der Waals surface area contributed by atoms with Gasteiger partial charge in [-0.15, -0.1) is 0 Å². The number of hydrogen-bond acceptors (Lipinski definition) is 7. The highest BCUT2D eigenvalue weighted by molar-refractivity contribution is 6.05. The standard InChI is InChI=1S/C29H37N3O6/c1-4-30(5-2)20-10-12-21(13-11-20)31-16-8-15-29-22(25(34)32(17-9-18-33)24(29)26(31)35)23-27(36)37-19-7-6-14-28(23,3)38-29/h6,8,10-15,22-24,33H,4-5,7,9,16-19H2,1-3H3/t22-,23-,24?,28+,29-/m0/s1. The smallest absolute Gasteiger partial charge is 0.313 e. The quantitative estimate of drug-likeness (QED) is 0.432. The Morgan fingerprint density at radius 1 is 1.03 bits per heavy atom. The van der Waals surface area contributed by atoms with Gasteiger partial charge in [-0.2, -0.15) is 0 Å². The molecule has 204 valence electrons. The minimum atomic E-state index is -1.33. The number of aliphatic hydroxyl groups is 1. The SMILES string of the molecule is CCN(CC)c1ccc(N2CC=C[C@]34O[C@]5(C)C=CCCOC(=O)[C@@H]5[C@H]3C(=O)N(CCCO)C4C2=O)cc1. The molecule has 2 fully saturated rings. The van der Waals surface area contributed by atoms with E-state index in [-0.39, 0.29) is 31.6 Å². The Hall–Kier alpha value is -3.17. The maximum atomic E-state index is 14.3. The van der Waals surface area contributed by atoms with E-state index < -0.39 is 35.0 Å². The van der Waals surface area contributed by atoms with Crippen LogP contribution >= 0.6 is 0 Å². The number of hydrogen-bond donors (Lipinski definition) is 1. The first-order valence-electron chi connectivity index (χ1n) is 13.6. The molecule has 4 heterocycles. The number of carbonyl (C=O) groups is 3. The van der Waals surface area contributed by atoms with E-state index in [1.165, 1.54) is 4.90 Å². The van der Waals surface area contributed by atoms with Crippen molar-refractivity contribution in [3.05, 3.63) is 48.6 Å². The number of fused-ring (bicyclic) bond motifs is 2. The van der Waals surface area contributed by atoms with Crippen LogP contribution in [0.15, 0.2) is 48.6 Å². The number of esters is 1. The number of carbonyl (C=O) groups excluding carboxylic acids is 3. The van der Waals surface area contributed by atoms with Crippen LogP contribution < -0.4 is 9.80 Å². The summed E-state index contributed by atoms with van der Waals surface area (Å²) in [5, 5.41) is 9.55. The highest BCUT2D eigenvalue weighted by Crippen LogP contribution is 2.57. The van der Waals surface area contributed by atoms with Gasteiger partial charge in [0.15, 0.2) is 0 Å². The van der Waals surface area contributed by atoms with E-state index in [4.69, 9.17) is 9.47 Å². The van der Waals surface area contributed by atoms with Crippen LogP contribution in [0.5, 0.6) is 0 Å². The zero-order valence-corrected chi connectivity index (χ0v) is 22.3. The van der Waals surface area contributed by atoms with Crippen molar-refractivity contribution in [3.8, 4) is 0 Å². The van der Waals surface area contributed by atoms with E-state index in [2.05, 4.69) is 18.7 Å². The van der Waals surface area contributed by atoms with E-state index in [1.54, 1.807) is 11.8 Å². The third-order valence-corrected chi connectivity index (χ3v) is 8.37. The van der Waals surface area contributed by atoms with Gasteiger partial charge in [-0.05, 0) is 57.9 Å². The van der Waals surface area contributed by atoms with Gasteiger partial charge in [0.05, 0.1) is 18.1 Å². The third-order valence-electron chi connectivity index (χ3n) is 8.37. The number of nitrogens with zero attached hydrogens (tertiary/aromatic N) is 3. The first-order valence-corrected chi connectivity index (χ1v) is 13.6. The molecule has 5 atom stereocenters. The van der Waals surface area contributed by atoms with E-state index in [9.17, 15) is 19.5 Å². The van der Waals surface area contributed by atoms with Gasteiger partial charge in [0, 0.05) is 44.2 Å². The molecule has 0 aromatic heterocycles. The number of cyclic esters (lactones) is 1. The van der Waals surface area contributed by atoms with Crippen molar-refractivity contribution in [2.45, 2.75) is 50.9 Å². The Labute approximate surface area is 223 Å². The number of rotatable bonds is 7. The second kappa shape index (κ2) is 10.2. The van der Waals surface area contributed by atoms with Gasteiger partial charge in [-0.3, -0.25) is 14.4 Å². The molecular formula is C29H37N3O6. The molecule has 9 nitrogen and oxygen atoms in total. The summed E-state index contributed by atoms with van der Waals surface area (Å²) in [6, 6.07) is 6.88. The van der Waals surface area contributed by atoms with E-state index in [0.29, 0.717) is 19.4 Å². The van der Waals surface area contributed by atoms with Gasteiger partial charge in [0.1, 0.15) is 17.6 Å². The summed E-state index contributed by atoms with van der Waals surface area (Å²) in [4.78, 5) is 47.0. The Morgan fingerprint density at radius 2 is 1.76 bits per heavy atom. The molecule has 4 aliphatic rings. The van der Waals surface area contributed by atoms with Crippen molar-refractivity contribution in [3.63, 3.8) is 0 Å². The van der Waals surface area contributed by atoms with Crippen LogP contribution in [0.4, 0.5) is 11.4 Å². The first kappa shape index (κ1) is 26.4. The summed E-state index contributed by atoms with van der Waals surface area (Å²) in [5.41, 5.74) is -0.626. The normalized spacial score (nSPS) is 32.3. The summed E-state index contributed by atoms with van der Waals surface area (Å²) in [6.07, 6.45) is 8.31.